The van der Waals surface area contributed by atoms with E-state index in [1.165, 1.54) is 6.07 Å². The number of morpholine rings is 1. The third kappa shape index (κ3) is 4.14. The van der Waals surface area contributed by atoms with Crippen LogP contribution in [0.15, 0.2) is 18.2 Å². The molecular formula is C14H20ClFN2O. The molecule has 5 heteroatoms. The number of hydrogen-bond acceptors (Lipinski definition) is 3. The molecule has 0 radical (unpaired) electrons. The van der Waals surface area contributed by atoms with Crippen LogP contribution >= 0.6 is 11.6 Å². The number of hydrogen-bond donors (Lipinski definition) is 1. The zero-order valence-corrected chi connectivity index (χ0v) is 11.9. The zero-order valence-electron chi connectivity index (χ0n) is 11.2. The quantitative estimate of drug-likeness (QED) is 0.899. The van der Waals surface area contributed by atoms with Gasteiger partial charge in [-0.05, 0) is 24.7 Å². The van der Waals surface area contributed by atoms with Crippen molar-refractivity contribution in [2.24, 2.45) is 0 Å². The summed E-state index contributed by atoms with van der Waals surface area (Å²) in [5.41, 5.74) is 0.649. The van der Waals surface area contributed by atoms with Crippen molar-refractivity contribution < 1.29 is 9.13 Å². The number of benzene rings is 1. The van der Waals surface area contributed by atoms with Gasteiger partial charge in [0.05, 0.1) is 13.2 Å². The number of halogens is 2. The van der Waals surface area contributed by atoms with Gasteiger partial charge in [-0.1, -0.05) is 18.5 Å². The molecule has 1 fully saturated rings. The van der Waals surface area contributed by atoms with E-state index >= 15 is 0 Å². The second-order valence-electron chi connectivity index (χ2n) is 4.74. The van der Waals surface area contributed by atoms with Crippen LogP contribution in [0.2, 0.25) is 5.02 Å². The Morgan fingerprint density at radius 1 is 1.53 bits per heavy atom. The van der Waals surface area contributed by atoms with Crippen molar-refractivity contribution in [3.8, 4) is 0 Å². The lowest BCUT2D eigenvalue weighted by molar-refractivity contribution is -0.0111. The average molecular weight is 287 g/mol. The number of nitrogens with one attached hydrogen (secondary N) is 1. The molecule has 1 aliphatic rings. The molecule has 1 aromatic rings. The van der Waals surface area contributed by atoms with Gasteiger partial charge in [-0.25, -0.2) is 4.39 Å². The monoisotopic (exact) mass is 286 g/mol. The van der Waals surface area contributed by atoms with Gasteiger partial charge in [-0.15, -0.1) is 0 Å². The van der Waals surface area contributed by atoms with Crippen LogP contribution in [0.5, 0.6) is 0 Å². The predicted octanol–water partition coefficient (Wildman–Crippen LogP) is 2.29. The number of likely N-dealkylation sites (N-methyl/N-ethyl adjacent to an activating group) is 1. The van der Waals surface area contributed by atoms with Crippen LogP contribution in [-0.4, -0.2) is 43.8 Å². The predicted molar refractivity (Wildman–Crippen MR) is 75.0 cm³/mol. The van der Waals surface area contributed by atoms with Gasteiger partial charge in [0, 0.05) is 36.3 Å². The van der Waals surface area contributed by atoms with E-state index in [1.807, 2.05) is 0 Å². The van der Waals surface area contributed by atoms with Gasteiger partial charge < -0.3 is 10.1 Å². The van der Waals surface area contributed by atoms with Crippen LogP contribution < -0.4 is 5.32 Å². The minimum absolute atomic E-state index is 0.196. The third-order valence-corrected chi connectivity index (χ3v) is 3.60. The lowest BCUT2D eigenvalue weighted by Crippen LogP contribution is -2.49. The van der Waals surface area contributed by atoms with Gasteiger partial charge in [0.1, 0.15) is 5.82 Å². The molecule has 1 aromatic carbocycles. The van der Waals surface area contributed by atoms with Crippen LogP contribution in [0, 0.1) is 5.82 Å². The minimum atomic E-state index is -0.196. The third-order valence-electron chi connectivity index (χ3n) is 3.36. The Hall–Kier alpha value is -0.680. The van der Waals surface area contributed by atoms with Gasteiger partial charge in [-0.2, -0.15) is 0 Å². The lowest BCUT2D eigenvalue weighted by Gasteiger charge is -2.35. The van der Waals surface area contributed by atoms with Crippen LogP contribution in [0.25, 0.3) is 0 Å². The molecule has 3 nitrogen and oxygen atoms in total. The highest BCUT2D eigenvalue weighted by atomic mass is 35.5. The highest BCUT2D eigenvalue weighted by Crippen LogP contribution is 2.19. The maximum Gasteiger partial charge on any atom is 0.127 e. The summed E-state index contributed by atoms with van der Waals surface area (Å²) in [5.74, 6) is -0.196. The summed E-state index contributed by atoms with van der Waals surface area (Å²) in [6, 6.07) is 5.00. The topological polar surface area (TPSA) is 24.5 Å². The summed E-state index contributed by atoms with van der Waals surface area (Å²) in [4.78, 5) is 2.25. The fourth-order valence-corrected chi connectivity index (χ4v) is 2.47. The zero-order chi connectivity index (χ0) is 13.7. The molecule has 1 aliphatic heterocycles. The van der Waals surface area contributed by atoms with E-state index in [0.717, 1.165) is 19.6 Å². The van der Waals surface area contributed by atoms with Crippen LogP contribution in [0.3, 0.4) is 0 Å². The molecule has 0 saturated carbocycles. The van der Waals surface area contributed by atoms with E-state index in [2.05, 4.69) is 17.1 Å². The minimum Gasteiger partial charge on any atom is -0.378 e. The molecule has 2 rings (SSSR count). The van der Waals surface area contributed by atoms with Crippen molar-refractivity contribution in [3.05, 3.63) is 34.6 Å². The van der Waals surface area contributed by atoms with Gasteiger partial charge in [0.15, 0.2) is 0 Å². The first-order chi connectivity index (χ1) is 9.20. The van der Waals surface area contributed by atoms with E-state index in [0.29, 0.717) is 30.3 Å². The Bertz CT molecular complexity index is 416. The molecule has 19 heavy (non-hydrogen) atoms. The average Bonchev–Trinajstić information content (AvgIpc) is 2.42. The number of rotatable bonds is 5. The fraction of sp³-hybridized carbons (Fsp3) is 0.571. The van der Waals surface area contributed by atoms with E-state index in [-0.39, 0.29) is 11.9 Å². The van der Waals surface area contributed by atoms with Gasteiger partial charge in [-0.3, -0.25) is 4.90 Å². The van der Waals surface area contributed by atoms with Crippen molar-refractivity contribution in [1.82, 2.24) is 10.2 Å². The summed E-state index contributed by atoms with van der Waals surface area (Å²) in [6.45, 7) is 6.65. The Morgan fingerprint density at radius 2 is 2.37 bits per heavy atom. The first-order valence-corrected chi connectivity index (χ1v) is 7.05. The van der Waals surface area contributed by atoms with Crippen LogP contribution in [-0.2, 0) is 11.3 Å². The smallest absolute Gasteiger partial charge is 0.127 e. The fourth-order valence-electron chi connectivity index (χ4n) is 2.28. The summed E-state index contributed by atoms with van der Waals surface area (Å²) >= 11 is 5.93. The lowest BCUT2D eigenvalue weighted by atomic mass is 10.1. The maximum absolute atomic E-state index is 13.8. The SMILES string of the molecule is CCNCC1COCCN1Cc1cc(Cl)ccc1F. The van der Waals surface area contributed by atoms with Gasteiger partial charge in [0.25, 0.3) is 0 Å². The molecule has 1 unspecified atom stereocenters. The van der Waals surface area contributed by atoms with Crippen molar-refractivity contribution in [2.75, 3.05) is 32.8 Å². The Labute approximate surface area is 118 Å². The maximum atomic E-state index is 13.8. The molecule has 0 amide bonds. The molecule has 0 aliphatic carbocycles. The molecule has 1 saturated heterocycles. The van der Waals surface area contributed by atoms with Crippen molar-refractivity contribution in [2.45, 2.75) is 19.5 Å². The number of nitrogens with zero attached hydrogens (tertiary/aromatic N) is 1. The molecule has 0 bridgehead atoms. The van der Waals surface area contributed by atoms with Crippen LogP contribution in [0.4, 0.5) is 4.39 Å². The second kappa shape index (κ2) is 7.20. The summed E-state index contributed by atoms with van der Waals surface area (Å²) in [5, 5.41) is 3.90. The standard InChI is InChI=1S/C14H20ClFN2O/c1-2-17-8-13-10-19-6-5-18(13)9-11-7-12(15)3-4-14(11)16/h3-4,7,13,17H,2,5-6,8-10H2,1H3. The first kappa shape index (κ1) is 14.7. The van der Waals surface area contributed by atoms with Gasteiger partial charge >= 0.3 is 0 Å². The van der Waals surface area contributed by atoms with Gasteiger partial charge in [0.2, 0.25) is 0 Å². The highest BCUT2D eigenvalue weighted by molar-refractivity contribution is 6.30. The summed E-state index contributed by atoms with van der Waals surface area (Å²) < 4.78 is 19.3. The molecule has 0 aromatic heterocycles. The van der Waals surface area contributed by atoms with E-state index in [1.54, 1.807) is 12.1 Å². The van der Waals surface area contributed by atoms with E-state index in [4.69, 9.17) is 16.3 Å². The molecule has 1 N–H and O–H groups in total. The van der Waals surface area contributed by atoms with Crippen molar-refractivity contribution >= 4 is 11.6 Å². The van der Waals surface area contributed by atoms with E-state index < -0.39 is 0 Å². The normalized spacial score (nSPS) is 20.7. The second-order valence-corrected chi connectivity index (χ2v) is 5.18. The van der Waals surface area contributed by atoms with Crippen molar-refractivity contribution in [1.29, 1.82) is 0 Å². The largest absolute Gasteiger partial charge is 0.378 e. The summed E-state index contributed by atoms with van der Waals surface area (Å²) in [7, 11) is 0. The Morgan fingerprint density at radius 3 is 3.16 bits per heavy atom. The molecular weight excluding hydrogens is 267 g/mol. The van der Waals surface area contributed by atoms with Crippen molar-refractivity contribution in [3.63, 3.8) is 0 Å². The highest BCUT2D eigenvalue weighted by Gasteiger charge is 2.23. The molecule has 1 heterocycles. The first-order valence-electron chi connectivity index (χ1n) is 6.67. The Kier molecular flexibility index (Phi) is 5.58. The number of ether oxygens (including phenoxy) is 1. The molecule has 1 atom stereocenters. The molecule has 0 spiro atoms. The summed E-state index contributed by atoms with van der Waals surface area (Å²) in [6.07, 6.45) is 0. The van der Waals surface area contributed by atoms with E-state index in [9.17, 15) is 4.39 Å². The molecule has 106 valence electrons. The Balaban J connectivity index is 2.04. The van der Waals surface area contributed by atoms with Crippen LogP contribution in [0.1, 0.15) is 12.5 Å².